The second-order valence-electron chi connectivity index (χ2n) is 7.30. The third-order valence-electron chi connectivity index (χ3n) is 5.45. The summed E-state index contributed by atoms with van der Waals surface area (Å²) in [6.45, 7) is 0.341. The summed E-state index contributed by atoms with van der Waals surface area (Å²) >= 11 is 11.7. The topological polar surface area (TPSA) is 75.3 Å². The minimum absolute atomic E-state index is 0.0930. The normalized spacial score (nSPS) is 12.6. The Morgan fingerprint density at radius 3 is 2.61 bits per heavy atom. The minimum Gasteiger partial charge on any atom is -0.494 e. The van der Waals surface area contributed by atoms with Gasteiger partial charge in [0.15, 0.2) is 4.77 Å². The lowest BCUT2D eigenvalue weighted by atomic mass is 9.91. The zero-order valence-corrected chi connectivity index (χ0v) is 18.6. The molecule has 0 unspecified atom stereocenters. The quantitative estimate of drug-likeness (QED) is 0.344. The van der Waals surface area contributed by atoms with Crippen LogP contribution in [0.3, 0.4) is 0 Å². The molecule has 0 bridgehead atoms. The molecule has 2 N–H and O–H groups in total. The highest BCUT2D eigenvalue weighted by atomic mass is 35.5. The summed E-state index contributed by atoms with van der Waals surface area (Å²) in [5.41, 5.74) is 2.72. The molecule has 31 heavy (non-hydrogen) atoms. The fraction of sp³-hybridized carbons (Fsp3) is 0.174. The predicted molar refractivity (Wildman–Crippen MR) is 127 cm³/mol. The van der Waals surface area contributed by atoms with Crippen molar-refractivity contribution in [1.29, 1.82) is 0 Å². The van der Waals surface area contributed by atoms with Crippen LogP contribution in [0, 0.1) is 4.77 Å². The van der Waals surface area contributed by atoms with E-state index >= 15 is 0 Å². The van der Waals surface area contributed by atoms with Gasteiger partial charge in [0.05, 0.1) is 0 Å². The molecule has 0 radical (unpaired) electrons. The van der Waals surface area contributed by atoms with E-state index in [0.717, 1.165) is 22.0 Å². The van der Waals surface area contributed by atoms with Gasteiger partial charge in [0, 0.05) is 54.9 Å². The number of fused-ring (bicyclic) bond motifs is 1. The molecule has 0 aliphatic rings. The lowest BCUT2D eigenvalue weighted by Gasteiger charge is -2.17. The van der Waals surface area contributed by atoms with Gasteiger partial charge in [0.2, 0.25) is 5.88 Å². The van der Waals surface area contributed by atoms with E-state index < -0.39 is 5.56 Å². The van der Waals surface area contributed by atoms with Crippen molar-refractivity contribution in [2.75, 3.05) is 6.54 Å². The van der Waals surface area contributed by atoms with Crippen LogP contribution in [-0.2, 0) is 14.1 Å². The number of hydrogen-bond acceptors (Lipinski definition) is 4. The fourth-order valence-corrected chi connectivity index (χ4v) is 4.16. The fourth-order valence-electron chi connectivity index (χ4n) is 3.73. The molecule has 0 fully saturated rings. The second-order valence-corrected chi connectivity index (χ2v) is 8.07. The Kier molecular flexibility index (Phi) is 5.80. The van der Waals surface area contributed by atoms with Gasteiger partial charge in [0.25, 0.3) is 5.56 Å². The number of para-hydroxylation sites is 1. The van der Waals surface area contributed by atoms with E-state index in [1.54, 1.807) is 14.1 Å². The van der Waals surface area contributed by atoms with E-state index in [1.807, 2.05) is 48.7 Å². The van der Waals surface area contributed by atoms with Crippen molar-refractivity contribution in [3.05, 3.63) is 91.6 Å². The Balaban J connectivity index is 1.78. The summed E-state index contributed by atoms with van der Waals surface area (Å²) in [7, 11) is 3.17. The van der Waals surface area contributed by atoms with Gasteiger partial charge in [-0.3, -0.25) is 18.9 Å². The highest BCUT2D eigenvalue weighted by Crippen LogP contribution is 2.34. The molecule has 2 aromatic heterocycles. The van der Waals surface area contributed by atoms with Crippen LogP contribution in [-0.4, -0.2) is 32.0 Å². The first-order valence-corrected chi connectivity index (χ1v) is 10.5. The number of aliphatic imine (C=N–C) groups is 1. The molecule has 2 heterocycles. The van der Waals surface area contributed by atoms with E-state index in [1.165, 1.54) is 15.3 Å². The number of aromatic amines is 1. The number of halogens is 1. The number of rotatable bonds is 5. The number of aromatic hydroxyl groups is 1. The van der Waals surface area contributed by atoms with Crippen molar-refractivity contribution < 1.29 is 5.11 Å². The van der Waals surface area contributed by atoms with Crippen molar-refractivity contribution in [3.8, 4) is 5.88 Å². The first-order valence-electron chi connectivity index (χ1n) is 9.69. The van der Waals surface area contributed by atoms with E-state index in [4.69, 9.17) is 23.8 Å². The smallest absolute Gasteiger partial charge is 0.266 e. The number of nitrogens with one attached hydrogen (secondary N) is 1. The summed E-state index contributed by atoms with van der Waals surface area (Å²) in [6.07, 6.45) is 3.38. The van der Waals surface area contributed by atoms with Crippen LogP contribution in [0.5, 0.6) is 5.88 Å². The minimum atomic E-state index is -0.397. The van der Waals surface area contributed by atoms with Gasteiger partial charge >= 0.3 is 0 Å². The molecule has 6 nitrogen and oxygen atoms in total. The van der Waals surface area contributed by atoms with Gasteiger partial charge in [-0.15, -0.1) is 0 Å². The lowest BCUT2D eigenvalue weighted by molar-refractivity contribution is 0.415. The van der Waals surface area contributed by atoms with Gasteiger partial charge in [-0.1, -0.05) is 48.0 Å². The Hall–Kier alpha value is -3.16. The van der Waals surface area contributed by atoms with Crippen LogP contribution in [0.1, 0.15) is 22.6 Å². The monoisotopic (exact) mass is 452 g/mol. The maximum Gasteiger partial charge on any atom is 0.266 e. The standard InChI is InChI=1S/C23H21ClN4O2S/c1-27-21(29)18(22(30)28(2)23(27)31)12-25-11-16(14-7-3-5-9-19(14)24)17-13-26-20-10-6-4-8-15(17)20/h3-10,12-13,16,26,29H,11H2,1-2H3/t16-/m1/s1. The highest BCUT2D eigenvalue weighted by Gasteiger charge is 2.20. The van der Waals surface area contributed by atoms with Crippen molar-refractivity contribution >= 4 is 40.9 Å². The molecule has 0 saturated carbocycles. The van der Waals surface area contributed by atoms with Gasteiger partial charge < -0.3 is 10.1 Å². The Morgan fingerprint density at radius 2 is 1.84 bits per heavy atom. The molecule has 4 aromatic rings. The van der Waals surface area contributed by atoms with Crippen LogP contribution in [0.4, 0.5) is 0 Å². The second kappa shape index (κ2) is 8.53. The third kappa shape index (κ3) is 3.82. The molecule has 4 rings (SSSR count). The van der Waals surface area contributed by atoms with Crippen LogP contribution in [0.25, 0.3) is 10.9 Å². The molecular weight excluding hydrogens is 432 g/mol. The maximum absolute atomic E-state index is 12.6. The predicted octanol–water partition coefficient (Wildman–Crippen LogP) is 4.54. The van der Waals surface area contributed by atoms with Crippen molar-refractivity contribution in [1.82, 2.24) is 14.1 Å². The lowest BCUT2D eigenvalue weighted by Crippen LogP contribution is -2.25. The molecule has 0 amide bonds. The highest BCUT2D eigenvalue weighted by molar-refractivity contribution is 7.71. The van der Waals surface area contributed by atoms with Crippen molar-refractivity contribution in [2.24, 2.45) is 19.1 Å². The van der Waals surface area contributed by atoms with Gasteiger partial charge in [-0.05, 0) is 35.5 Å². The zero-order chi connectivity index (χ0) is 22.1. The number of benzene rings is 2. The molecule has 1 atom stereocenters. The molecular formula is C23H21ClN4O2S. The molecule has 0 aliphatic carbocycles. The molecule has 0 aliphatic heterocycles. The zero-order valence-electron chi connectivity index (χ0n) is 17.0. The summed E-state index contributed by atoms with van der Waals surface area (Å²) in [5.74, 6) is -0.350. The van der Waals surface area contributed by atoms with Gasteiger partial charge in [-0.2, -0.15) is 0 Å². The average molecular weight is 453 g/mol. The molecule has 8 heteroatoms. The van der Waals surface area contributed by atoms with Crippen LogP contribution >= 0.6 is 23.8 Å². The SMILES string of the molecule is Cn1c(O)c(C=NC[C@H](c2ccccc2Cl)c2c[nH]c3ccccc23)c(=O)n(C)c1=S. The van der Waals surface area contributed by atoms with E-state index in [9.17, 15) is 9.90 Å². The first kappa shape index (κ1) is 21.1. The summed E-state index contributed by atoms with van der Waals surface area (Å²) in [6, 6.07) is 15.7. The maximum atomic E-state index is 12.6. The van der Waals surface area contributed by atoms with Crippen molar-refractivity contribution in [2.45, 2.75) is 5.92 Å². The molecule has 2 aromatic carbocycles. The number of aromatic nitrogens is 3. The van der Waals surface area contributed by atoms with Gasteiger partial charge in [-0.25, -0.2) is 0 Å². The molecule has 0 saturated heterocycles. The van der Waals surface area contributed by atoms with E-state index in [0.29, 0.717) is 11.6 Å². The van der Waals surface area contributed by atoms with Crippen molar-refractivity contribution in [3.63, 3.8) is 0 Å². The Bertz CT molecular complexity index is 1420. The first-order chi connectivity index (χ1) is 14.9. The largest absolute Gasteiger partial charge is 0.494 e. The number of nitrogens with zero attached hydrogens (tertiary/aromatic N) is 3. The average Bonchev–Trinajstić information content (AvgIpc) is 3.21. The third-order valence-corrected chi connectivity index (χ3v) is 6.35. The number of H-pyrrole nitrogens is 1. The van der Waals surface area contributed by atoms with Crippen LogP contribution in [0.15, 0.2) is 64.5 Å². The summed E-state index contributed by atoms with van der Waals surface area (Å²) in [5, 5.41) is 12.1. The Labute approximate surface area is 189 Å². The summed E-state index contributed by atoms with van der Waals surface area (Å²) < 4.78 is 2.91. The van der Waals surface area contributed by atoms with Crippen LogP contribution in [0.2, 0.25) is 5.02 Å². The van der Waals surface area contributed by atoms with Crippen LogP contribution < -0.4 is 5.56 Å². The van der Waals surface area contributed by atoms with E-state index in [-0.39, 0.29) is 22.1 Å². The number of hydrogen-bond donors (Lipinski definition) is 2. The Morgan fingerprint density at radius 1 is 1.13 bits per heavy atom. The molecule has 0 spiro atoms. The van der Waals surface area contributed by atoms with Gasteiger partial charge in [0.1, 0.15) is 5.56 Å². The molecule has 158 valence electrons. The van der Waals surface area contributed by atoms with E-state index in [2.05, 4.69) is 16.0 Å². The summed E-state index contributed by atoms with van der Waals surface area (Å²) in [4.78, 5) is 20.4.